The number of carboxylic acids is 1. The van der Waals surface area contributed by atoms with Gasteiger partial charge >= 0.3 is 12.0 Å². The minimum atomic E-state index is -0.980. The van der Waals surface area contributed by atoms with Crippen molar-refractivity contribution in [1.82, 2.24) is 15.1 Å². The van der Waals surface area contributed by atoms with Gasteiger partial charge in [0.1, 0.15) is 6.04 Å². The molecule has 18 heavy (non-hydrogen) atoms. The number of urea groups is 1. The number of carbonyl (C=O) groups is 2. The van der Waals surface area contributed by atoms with Gasteiger partial charge in [-0.1, -0.05) is 6.92 Å². The molecule has 1 rings (SSSR count). The number of carboxylic acid groups (broad SMARTS) is 1. The monoisotopic (exact) mass is 257 g/mol. The van der Waals surface area contributed by atoms with Crippen molar-refractivity contribution in [3.8, 4) is 0 Å². The summed E-state index contributed by atoms with van der Waals surface area (Å²) in [6.07, 6.45) is 2.43. The molecule has 0 aromatic carbocycles. The van der Waals surface area contributed by atoms with Gasteiger partial charge in [0.25, 0.3) is 0 Å². The first-order valence-electron chi connectivity index (χ1n) is 6.40. The average molecular weight is 257 g/mol. The molecule has 6 heteroatoms. The van der Waals surface area contributed by atoms with Crippen molar-refractivity contribution in [2.45, 2.75) is 38.3 Å². The third-order valence-corrected chi connectivity index (χ3v) is 3.42. The summed E-state index contributed by atoms with van der Waals surface area (Å²) in [6.45, 7) is 3.11. The lowest BCUT2D eigenvalue weighted by Gasteiger charge is -2.36. The molecule has 0 aromatic rings. The lowest BCUT2D eigenvalue weighted by Crippen LogP contribution is -2.53. The number of likely N-dealkylation sites (N-methyl/N-ethyl adjacent to an activating group) is 1. The molecule has 2 N–H and O–H groups in total. The molecule has 1 aliphatic rings. The van der Waals surface area contributed by atoms with Gasteiger partial charge in [0.2, 0.25) is 0 Å². The average Bonchev–Trinajstić information content (AvgIpc) is 2.35. The molecule has 0 aliphatic carbocycles. The molecule has 0 saturated carbocycles. The van der Waals surface area contributed by atoms with Crippen LogP contribution in [0.5, 0.6) is 0 Å². The highest BCUT2D eigenvalue weighted by molar-refractivity contribution is 5.82. The van der Waals surface area contributed by atoms with E-state index >= 15 is 0 Å². The number of hydrogen-bond donors (Lipinski definition) is 2. The van der Waals surface area contributed by atoms with Gasteiger partial charge < -0.3 is 20.2 Å². The second-order valence-corrected chi connectivity index (χ2v) is 4.95. The summed E-state index contributed by atoms with van der Waals surface area (Å²) in [7, 11) is 4.00. The summed E-state index contributed by atoms with van der Waals surface area (Å²) < 4.78 is 0. The van der Waals surface area contributed by atoms with Gasteiger partial charge in [-0.15, -0.1) is 0 Å². The topological polar surface area (TPSA) is 72.9 Å². The fourth-order valence-corrected chi connectivity index (χ4v) is 2.14. The zero-order chi connectivity index (χ0) is 13.7. The first kappa shape index (κ1) is 14.8. The molecule has 2 amide bonds. The Morgan fingerprint density at radius 2 is 2.17 bits per heavy atom. The maximum absolute atomic E-state index is 12.0. The number of nitrogens with one attached hydrogen (secondary N) is 1. The van der Waals surface area contributed by atoms with Gasteiger partial charge in [-0.2, -0.15) is 0 Å². The van der Waals surface area contributed by atoms with Gasteiger partial charge in [-0.05, 0) is 33.4 Å². The Bertz CT molecular complexity index is 307. The smallest absolute Gasteiger partial charge is 0.326 e. The van der Waals surface area contributed by atoms with E-state index in [0.29, 0.717) is 25.6 Å². The Hall–Kier alpha value is -1.30. The Balaban J connectivity index is 2.53. The number of nitrogens with zero attached hydrogens (tertiary/aromatic N) is 2. The zero-order valence-corrected chi connectivity index (χ0v) is 11.3. The number of piperidine rings is 1. The largest absolute Gasteiger partial charge is 0.480 e. The van der Waals surface area contributed by atoms with E-state index in [9.17, 15) is 9.59 Å². The molecular formula is C12H23N3O3. The predicted octanol–water partition coefficient (Wildman–Crippen LogP) is 0.585. The Morgan fingerprint density at radius 1 is 1.50 bits per heavy atom. The number of carbonyl (C=O) groups excluding carboxylic acids is 1. The van der Waals surface area contributed by atoms with Crippen molar-refractivity contribution in [2.24, 2.45) is 0 Å². The molecule has 0 bridgehead atoms. The van der Waals surface area contributed by atoms with E-state index in [1.165, 1.54) is 0 Å². The Kier molecular flexibility index (Phi) is 5.40. The normalized spacial score (nSPS) is 21.8. The molecule has 104 valence electrons. The third kappa shape index (κ3) is 3.87. The molecule has 1 heterocycles. The highest BCUT2D eigenvalue weighted by atomic mass is 16.4. The van der Waals surface area contributed by atoms with Crippen molar-refractivity contribution in [3.63, 3.8) is 0 Å². The first-order chi connectivity index (χ1) is 8.45. The fraction of sp³-hybridized carbons (Fsp3) is 0.833. The zero-order valence-electron chi connectivity index (χ0n) is 11.3. The summed E-state index contributed by atoms with van der Waals surface area (Å²) >= 11 is 0. The summed E-state index contributed by atoms with van der Waals surface area (Å²) in [5.74, 6) is -0.980. The van der Waals surface area contributed by atoms with Crippen molar-refractivity contribution >= 4 is 12.0 Å². The minimum Gasteiger partial charge on any atom is -0.480 e. The van der Waals surface area contributed by atoms with Crippen LogP contribution in [0.2, 0.25) is 0 Å². The van der Waals surface area contributed by atoms with E-state index in [0.717, 1.165) is 12.8 Å². The van der Waals surface area contributed by atoms with Crippen molar-refractivity contribution in [3.05, 3.63) is 0 Å². The molecule has 0 aromatic heterocycles. The van der Waals surface area contributed by atoms with Crippen molar-refractivity contribution < 1.29 is 14.7 Å². The number of aliphatic carboxylic acids is 1. The Morgan fingerprint density at radius 3 is 2.67 bits per heavy atom. The Labute approximate surface area is 108 Å². The molecule has 1 fully saturated rings. The molecular weight excluding hydrogens is 234 g/mol. The van der Waals surface area contributed by atoms with Gasteiger partial charge in [-0.3, -0.25) is 0 Å². The standard InChI is InChI=1S/C12H23N3O3/c1-4-10(11(16)17)13-12(18)15-7-5-6-9(8-15)14(2)3/h9-10H,4-8H2,1-3H3,(H,13,18)(H,16,17). The van der Waals surface area contributed by atoms with Crippen molar-refractivity contribution in [1.29, 1.82) is 0 Å². The lowest BCUT2D eigenvalue weighted by atomic mass is 10.1. The van der Waals surface area contributed by atoms with E-state index < -0.39 is 12.0 Å². The minimum absolute atomic E-state index is 0.268. The van der Waals surface area contributed by atoms with E-state index in [2.05, 4.69) is 10.2 Å². The van der Waals surface area contributed by atoms with Crippen LogP contribution in [0.4, 0.5) is 4.79 Å². The highest BCUT2D eigenvalue weighted by Gasteiger charge is 2.27. The second kappa shape index (κ2) is 6.58. The van der Waals surface area contributed by atoms with Crippen LogP contribution in [-0.2, 0) is 4.79 Å². The maximum Gasteiger partial charge on any atom is 0.326 e. The van der Waals surface area contributed by atoms with E-state index in [1.807, 2.05) is 14.1 Å². The molecule has 0 radical (unpaired) electrons. The van der Waals surface area contributed by atoms with Gasteiger partial charge in [-0.25, -0.2) is 9.59 Å². The quantitative estimate of drug-likeness (QED) is 0.773. The predicted molar refractivity (Wildman–Crippen MR) is 68.5 cm³/mol. The maximum atomic E-state index is 12.0. The molecule has 1 saturated heterocycles. The van der Waals surface area contributed by atoms with Crippen LogP contribution in [0.15, 0.2) is 0 Å². The summed E-state index contributed by atoms with van der Waals surface area (Å²) in [6, 6.07) is -0.706. The molecule has 2 unspecified atom stereocenters. The number of likely N-dealkylation sites (tertiary alicyclic amines) is 1. The fourth-order valence-electron chi connectivity index (χ4n) is 2.14. The molecule has 2 atom stereocenters. The van der Waals surface area contributed by atoms with Crippen LogP contribution in [0.3, 0.4) is 0 Å². The SMILES string of the molecule is CCC(NC(=O)N1CCCC(N(C)C)C1)C(=O)O. The van der Waals surface area contributed by atoms with Crippen LogP contribution in [0.1, 0.15) is 26.2 Å². The highest BCUT2D eigenvalue weighted by Crippen LogP contribution is 2.13. The van der Waals surface area contributed by atoms with Crippen LogP contribution in [-0.4, -0.2) is 66.2 Å². The molecule has 6 nitrogen and oxygen atoms in total. The third-order valence-electron chi connectivity index (χ3n) is 3.42. The van der Waals surface area contributed by atoms with Crippen LogP contribution in [0.25, 0.3) is 0 Å². The lowest BCUT2D eigenvalue weighted by molar-refractivity contribution is -0.139. The summed E-state index contributed by atoms with van der Waals surface area (Å²) in [5, 5.41) is 11.5. The first-order valence-corrected chi connectivity index (χ1v) is 6.40. The van der Waals surface area contributed by atoms with Crippen LogP contribution < -0.4 is 5.32 Å². The van der Waals surface area contributed by atoms with Crippen LogP contribution in [0, 0.1) is 0 Å². The van der Waals surface area contributed by atoms with E-state index in [4.69, 9.17) is 5.11 Å². The van der Waals surface area contributed by atoms with Gasteiger partial charge in [0.05, 0.1) is 0 Å². The van der Waals surface area contributed by atoms with E-state index in [1.54, 1.807) is 11.8 Å². The van der Waals surface area contributed by atoms with Crippen molar-refractivity contribution in [2.75, 3.05) is 27.2 Å². The summed E-state index contributed by atoms with van der Waals surface area (Å²) in [4.78, 5) is 26.7. The number of hydrogen-bond acceptors (Lipinski definition) is 3. The van der Waals surface area contributed by atoms with Crippen LogP contribution >= 0.6 is 0 Å². The van der Waals surface area contributed by atoms with E-state index in [-0.39, 0.29) is 6.03 Å². The van der Waals surface area contributed by atoms with Gasteiger partial charge in [0.15, 0.2) is 0 Å². The summed E-state index contributed by atoms with van der Waals surface area (Å²) in [5.41, 5.74) is 0. The molecule has 0 spiro atoms. The number of amides is 2. The number of rotatable bonds is 4. The van der Waals surface area contributed by atoms with Gasteiger partial charge in [0, 0.05) is 19.1 Å². The second-order valence-electron chi connectivity index (χ2n) is 4.95. The molecule has 1 aliphatic heterocycles.